The number of likely N-dealkylation sites (tertiary alicyclic amines) is 1. The van der Waals surface area contributed by atoms with Gasteiger partial charge in [0.1, 0.15) is 0 Å². The first kappa shape index (κ1) is 14.9. The number of hydrogen-bond acceptors (Lipinski definition) is 4. The summed E-state index contributed by atoms with van der Waals surface area (Å²) in [4.78, 5) is 18.6. The number of pyridine rings is 1. The highest BCUT2D eigenvalue weighted by atomic mass is 16.1. The second kappa shape index (κ2) is 7.97. The van der Waals surface area contributed by atoms with E-state index in [2.05, 4.69) is 15.2 Å². The number of nitrogens with zero attached hydrogens (tertiary/aromatic N) is 2. The Balaban J connectivity index is 1.76. The molecule has 1 aromatic rings. The number of amides is 1. The lowest BCUT2D eigenvalue weighted by molar-refractivity contribution is 0.0948. The molecule has 0 saturated carbocycles. The van der Waals surface area contributed by atoms with Crippen LogP contribution < -0.4 is 11.1 Å². The van der Waals surface area contributed by atoms with Gasteiger partial charge in [0.05, 0.1) is 5.69 Å². The van der Waals surface area contributed by atoms with Gasteiger partial charge in [-0.1, -0.05) is 12.8 Å². The summed E-state index contributed by atoms with van der Waals surface area (Å²) in [5.74, 6) is -0.0445. The van der Waals surface area contributed by atoms with Crippen molar-refractivity contribution in [1.29, 1.82) is 0 Å². The highest BCUT2D eigenvalue weighted by molar-refractivity contribution is 5.94. The predicted octanol–water partition coefficient (Wildman–Crippen LogP) is 1.15. The van der Waals surface area contributed by atoms with Gasteiger partial charge in [-0.3, -0.25) is 9.78 Å². The first-order valence-corrected chi connectivity index (χ1v) is 7.45. The van der Waals surface area contributed by atoms with Crippen LogP contribution in [0.25, 0.3) is 0 Å². The Morgan fingerprint density at radius 2 is 2.05 bits per heavy atom. The van der Waals surface area contributed by atoms with Crippen molar-refractivity contribution in [3.63, 3.8) is 0 Å². The van der Waals surface area contributed by atoms with Gasteiger partial charge in [-0.25, -0.2) is 0 Å². The van der Waals surface area contributed by atoms with Crippen LogP contribution in [-0.2, 0) is 6.54 Å². The molecular weight excluding hydrogens is 252 g/mol. The normalized spacial score (nSPS) is 16.6. The summed E-state index contributed by atoms with van der Waals surface area (Å²) in [5, 5.41) is 2.97. The molecule has 5 heteroatoms. The molecule has 0 aromatic carbocycles. The highest BCUT2D eigenvalue weighted by Crippen LogP contribution is 2.08. The zero-order chi connectivity index (χ0) is 14.2. The fraction of sp³-hybridized carbons (Fsp3) is 0.600. The largest absolute Gasteiger partial charge is 0.351 e. The van der Waals surface area contributed by atoms with Crippen LogP contribution in [0.1, 0.15) is 41.7 Å². The van der Waals surface area contributed by atoms with Crippen molar-refractivity contribution < 1.29 is 4.79 Å². The molecule has 3 N–H and O–H groups in total. The van der Waals surface area contributed by atoms with Gasteiger partial charge in [-0.15, -0.1) is 0 Å². The Bertz CT molecular complexity index is 428. The smallest absolute Gasteiger partial charge is 0.251 e. The van der Waals surface area contributed by atoms with E-state index in [1.807, 2.05) is 0 Å². The Kier molecular flexibility index (Phi) is 5.95. The Hall–Kier alpha value is -1.46. The lowest BCUT2D eigenvalue weighted by atomic mass is 10.2. The average Bonchev–Trinajstić information content (AvgIpc) is 2.76. The first-order valence-electron chi connectivity index (χ1n) is 7.45. The van der Waals surface area contributed by atoms with Crippen LogP contribution in [0.5, 0.6) is 0 Å². The standard InChI is InChI=1S/C15H24N4O/c16-12-14-11-13(5-6-17-14)15(20)18-7-10-19-8-3-1-2-4-9-19/h5-6,11H,1-4,7-10,12,16H2,(H,18,20). The zero-order valence-electron chi connectivity index (χ0n) is 12.0. The van der Waals surface area contributed by atoms with Crippen molar-refractivity contribution >= 4 is 5.91 Å². The first-order chi connectivity index (χ1) is 9.79. The Labute approximate surface area is 120 Å². The third kappa shape index (κ3) is 4.58. The molecule has 110 valence electrons. The molecule has 0 bridgehead atoms. The lowest BCUT2D eigenvalue weighted by Gasteiger charge is -2.19. The summed E-state index contributed by atoms with van der Waals surface area (Å²) in [6.45, 7) is 4.29. The number of carbonyl (C=O) groups excluding carboxylic acids is 1. The van der Waals surface area contributed by atoms with Crippen molar-refractivity contribution in [2.75, 3.05) is 26.2 Å². The molecule has 1 saturated heterocycles. The molecule has 0 aliphatic carbocycles. The van der Waals surface area contributed by atoms with E-state index < -0.39 is 0 Å². The van der Waals surface area contributed by atoms with Gasteiger partial charge in [0.2, 0.25) is 0 Å². The van der Waals surface area contributed by atoms with Crippen molar-refractivity contribution in [2.45, 2.75) is 32.2 Å². The minimum Gasteiger partial charge on any atom is -0.351 e. The second-order valence-electron chi connectivity index (χ2n) is 5.25. The maximum absolute atomic E-state index is 12.0. The maximum atomic E-state index is 12.0. The number of hydrogen-bond donors (Lipinski definition) is 2. The molecule has 0 atom stereocenters. The quantitative estimate of drug-likeness (QED) is 0.846. The third-order valence-electron chi connectivity index (χ3n) is 3.70. The van der Waals surface area contributed by atoms with E-state index in [-0.39, 0.29) is 5.91 Å². The molecule has 1 fully saturated rings. The molecule has 2 rings (SSSR count). The van der Waals surface area contributed by atoms with Gasteiger partial charge in [0.15, 0.2) is 0 Å². The van der Waals surface area contributed by atoms with Gasteiger partial charge < -0.3 is 16.0 Å². The molecule has 1 amide bonds. The molecular formula is C15H24N4O. The number of nitrogens with two attached hydrogens (primary N) is 1. The minimum absolute atomic E-state index is 0.0445. The fourth-order valence-corrected chi connectivity index (χ4v) is 2.52. The number of aromatic nitrogens is 1. The molecule has 1 aliphatic rings. The lowest BCUT2D eigenvalue weighted by Crippen LogP contribution is -2.35. The summed E-state index contributed by atoms with van der Waals surface area (Å²) in [6, 6.07) is 3.47. The van der Waals surface area contributed by atoms with Gasteiger partial charge in [-0.2, -0.15) is 0 Å². The summed E-state index contributed by atoms with van der Waals surface area (Å²) in [7, 11) is 0. The number of nitrogens with one attached hydrogen (secondary N) is 1. The zero-order valence-corrected chi connectivity index (χ0v) is 12.0. The van der Waals surface area contributed by atoms with Crippen LogP contribution in [0, 0.1) is 0 Å². The molecule has 20 heavy (non-hydrogen) atoms. The molecule has 1 aliphatic heterocycles. The van der Waals surface area contributed by atoms with Crippen LogP contribution >= 0.6 is 0 Å². The number of rotatable bonds is 5. The van der Waals surface area contributed by atoms with Crippen LogP contribution in [-0.4, -0.2) is 42.0 Å². The summed E-state index contributed by atoms with van der Waals surface area (Å²) < 4.78 is 0. The van der Waals surface area contributed by atoms with Gasteiger partial charge in [-0.05, 0) is 38.1 Å². The fourth-order valence-electron chi connectivity index (χ4n) is 2.52. The molecule has 1 aromatic heterocycles. The van der Waals surface area contributed by atoms with Crippen LogP contribution in [0.3, 0.4) is 0 Å². The Morgan fingerprint density at radius 1 is 1.30 bits per heavy atom. The average molecular weight is 276 g/mol. The van der Waals surface area contributed by atoms with Crippen molar-refractivity contribution in [3.8, 4) is 0 Å². The molecule has 0 radical (unpaired) electrons. The van der Waals surface area contributed by atoms with Crippen molar-refractivity contribution in [1.82, 2.24) is 15.2 Å². The SMILES string of the molecule is NCc1cc(C(=O)NCCN2CCCCCC2)ccn1. The topological polar surface area (TPSA) is 71.2 Å². The van der Waals surface area contributed by atoms with Gasteiger partial charge in [0.25, 0.3) is 5.91 Å². The van der Waals surface area contributed by atoms with Crippen LogP contribution in [0.2, 0.25) is 0 Å². The molecule has 2 heterocycles. The van der Waals surface area contributed by atoms with Crippen LogP contribution in [0.4, 0.5) is 0 Å². The predicted molar refractivity (Wildman–Crippen MR) is 79.4 cm³/mol. The van der Waals surface area contributed by atoms with E-state index in [1.54, 1.807) is 18.3 Å². The molecule has 0 spiro atoms. The van der Waals surface area contributed by atoms with E-state index in [4.69, 9.17) is 5.73 Å². The van der Waals surface area contributed by atoms with E-state index in [0.29, 0.717) is 18.7 Å². The second-order valence-corrected chi connectivity index (χ2v) is 5.25. The van der Waals surface area contributed by atoms with Gasteiger partial charge >= 0.3 is 0 Å². The highest BCUT2D eigenvalue weighted by Gasteiger charge is 2.10. The minimum atomic E-state index is -0.0445. The van der Waals surface area contributed by atoms with Crippen LogP contribution in [0.15, 0.2) is 18.3 Å². The molecule has 5 nitrogen and oxygen atoms in total. The van der Waals surface area contributed by atoms with E-state index in [9.17, 15) is 4.79 Å². The van der Waals surface area contributed by atoms with E-state index >= 15 is 0 Å². The van der Waals surface area contributed by atoms with E-state index in [1.165, 1.54) is 25.7 Å². The van der Waals surface area contributed by atoms with Crippen molar-refractivity contribution in [3.05, 3.63) is 29.6 Å². The van der Waals surface area contributed by atoms with E-state index in [0.717, 1.165) is 25.3 Å². The molecule has 0 unspecified atom stereocenters. The maximum Gasteiger partial charge on any atom is 0.251 e. The monoisotopic (exact) mass is 276 g/mol. The van der Waals surface area contributed by atoms with Gasteiger partial charge in [0, 0.05) is 31.4 Å². The summed E-state index contributed by atoms with van der Waals surface area (Å²) >= 11 is 0. The number of carbonyl (C=O) groups is 1. The Morgan fingerprint density at radius 3 is 2.75 bits per heavy atom. The summed E-state index contributed by atoms with van der Waals surface area (Å²) in [6.07, 6.45) is 6.85. The van der Waals surface area contributed by atoms with Crippen molar-refractivity contribution in [2.24, 2.45) is 5.73 Å². The summed E-state index contributed by atoms with van der Waals surface area (Å²) in [5.41, 5.74) is 6.91. The third-order valence-corrected chi connectivity index (χ3v) is 3.70.